The second-order valence-corrected chi connectivity index (χ2v) is 6.90. The van der Waals surface area contributed by atoms with E-state index in [2.05, 4.69) is 11.6 Å². The SMILES string of the molecule is CC1CCC(NS(=O)(=O)c2ccc(F)cc2Cl)C1. The Balaban J connectivity index is 2.20. The lowest BCUT2D eigenvalue weighted by molar-refractivity contribution is 0.538. The summed E-state index contributed by atoms with van der Waals surface area (Å²) in [5, 5.41) is -0.0893. The van der Waals surface area contributed by atoms with Crippen molar-refractivity contribution in [3.63, 3.8) is 0 Å². The van der Waals surface area contributed by atoms with Crippen LogP contribution in [0, 0.1) is 11.7 Å². The van der Waals surface area contributed by atoms with Crippen LogP contribution in [0.4, 0.5) is 4.39 Å². The molecule has 0 aliphatic heterocycles. The molecule has 0 radical (unpaired) electrons. The van der Waals surface area contributed by atoms with Gasteiger partial charge in [-0.1, -0.05) is 18.5 Å². The summed E-state index contributed by atoms with van der Waals surface area (Å²) in [4.78, 5) is -0.0647. The lowest BCUT2D eigenvalue weighted by atomic mass is 10.1. The summed E-state index contributed by atoms with van der Waals surface area (Å²) in [5.41, 5.74) is 0. The highest BCUT2D eigenvalue weighted by molar-refractivity contribution is 7.89. The normalized spacial score (nSPS) is 24.4. The molecule has 0 bridgehead atoms. The Kier molecular flexibility index (Phi) is 3.94. The molecule has 1 aromatic rings. The van der Waals surface area contributed by atoms with E-state index in [1.807, 2.05) is 0 Å². The molecular formula is C12H15ClFNO2S. The van der Waals surface area contributed by atoms with Crippen LogP contribution in [0.1, 0.15) is 26.2 Å². The zero-order valence-electron chi connectivity index (χ0n) is 9.99. The van der Waals surface area contributed by atoms with Crippen LogP contribution in [0.2, 0.25) is 5.02 Å². The average Bonchev–Trinajstić information content (AvgIpc) is 2.62. The van der Waals surface area contributed by atoms with Crippen molar-refractivity contribution >= 4 is 21.6 Å². The first-order valence-electron chi connectivity index (χ1n) is 5.86. The highest BCUT2D eigenvalue weighted by atomic mass is 35.5. The van der Waals surface area contributed by atoms with Crippen molar-refractivity contribution in [2.75, 3.05) is 0 Å². The second-order valence-electron chi connectivity index (χ2n) is 4.81. The highest BCUT2D eigenvalue weighted by Crippen LogP contribution is 2.28. The van der Waals surface area contributed by atoms with E-state index in [0.717, 1.165) is 31.4 Å². The molecule has 1 aliphatic carbocycles. The van der Waals surface area contributed by atoms with Gasteiger partial charge in [-0.25, -0.2) is 17.5 Å². The number of nitrogens with one attached hydrogen (secondary N) is 1. The maximum absolute atomic E-state index is 12.9. The first kappa shape index (κ1) is 13.8. The lowest BCUT2D eigenvalue weighted by Gasteiger charge is -2.13. The first-order chi connectivity index (χ1) is 8.38. The molecule has 0 aromatic heterocycles. The number of hydrogen-bond donors (Lipinski definition) is 1. The largest absolute Gasteiger partial charge is 0.242 e. The molecule has 3 nitrogen and oxygen atoms in total. The van der Waals surface area contributed by atoms with Gasteiger partial charge in [0.2, 0.25) is 10.0 Å². The molecule has 1 saturated carbocycles. The molecule has 1 fully saturated rings. The third-order valence-corrected chi connectivity index (χ3v) is 5.20. The molecule has 0 amide bonds. The fourth-order valence-electron chi connectivity index (χ4n) is 2.29. The predicted octanol–water partition coefficient (Wildman–Crippen LogP) is 2.95. The van der Waals surface area contributed by atoms with Crippen molar-refractivity contribution in [2.24, 2.45) is 5.92 Å². The van der Waals surface area contributed by atoms with Gasteiger partial charge in [0.25, 0.3) is 0 Å². The van der Waals surface area contributed by atoms with Crippen molar-refractivity contribution in [3.8, 4) is 0 Å². The van der Waals surface area contributed by atoms with E-state index >= 15 is 0 Å². The molecule has 1 N–H and O–H groups in total. The van der Waals surface area contributed by atoms with E-state index in [9.17, 15) is 12.8 Å². The average molecular weight is 292 g/mol. The summed E-state index contributed by atoms with van der Waals surface area (Å²) in [6, 6.07) is 3.25. The predicted molar refractivity (Wildman–Crippen MR) is 68.5 cm³/mol. The zero-order chi connectivity index (χ0) is 13.3. The van der Waals surface area contributed by atoms with Crippen molar-refractivity contribution in [3.05, 3.63) is 29.0 Å². The van der Waals surface area contributed by atoms with Crippen LogP contribution in [0.3, 0.4) is 0 Å². The van der Waals surface area contributed by atoms with E-state index in [1.165, 1.54) is 6.07 Å². The summed E-state index contributed by atoms with van der Waals surface area (Å²) in [6.07, 6.45) is 2.68. The molecule has 0 spiro atoms. The Hall–Kier alpha value is -0.650. The third kappa shape index (κ3) is 3.02. The van der Waals surface area contributed by atoms with Gasteiger partial charge < -0.3 is 0 Å². The maximum atomic E-state index is 12.9. The fraction of sp³-hybridized carbons (Fsp3) is 0.500. The van der Waals surface area contributed by atoms with E-state index in [1.54, 1.807) is 0 Å². The number of benzene rings is 1. The van der Waals surface area contributed by atoms with Crippen LogP contribution in [-0.2, 0) is 10.0 Å². The summed E-state index contributed by atoms with van der Waals surface area (Å²) < 4.78 is 39.7. The first-order valence-corrected chi connectivity index (χ1v) is 7.72. The number of halogens is 2. The van der Waals surface area contributed by atoms with Gasteiger partial charge >= 0.3 is 0 Å². The van der Waals surface area contributed by atoms with Gasteiger partial charge in [0.15, 0.2) is 0 Å². The Morgan fingerprint density at radius 1 is 1.39 bits per heavy atom. The minimum Gasteiger partial charge on any atom is -0.208 e. The van der Waals surface area contributed by atoms with E-state index in [0.29, 0.717) is 5.92 Å². The van der Waals surface area contributed by atoms with Crippen LogP contribution in [0.15, 0.2) is 23.1 Å². The molecule has 1 aromatic carbocycles. The quantitative estimate of drug-likeness (QED) is 0.931. The van der Waals surface area contributed by atoms with Crippen molar-refractivity contribution < 1.29 is 12.8 Å². The van der Waals surface area contributed by atoms with Crippen molar-refractivity contribution in [1.82, 2.24) is 4.72 Å². The van der Waals surface area contributed by atoms with Gasteiger partial charge in [-0.2, -0.15) is 0 Å². The Labute approximate surface area is 111 Å². The highest BCUT2D eigenvalue weighted by Gasteiger charge is 2.27. The van der Waals surface area contributed by atoms with Gasteiger partial charge in [0, 0.05) is 6.04 Å². The summed E-state index contributed by atoms with van der Waals surface area (Å²) in [5.74, 6) is -0.0187. The van der Waals surface area contributed by atoms with Gasteiger partial charge in [0.1, 0.15) is 10.7 Å². The molecule has 0 heterocycles. The van der Waals surface area contributed by atoms with Gasteiger partial charge in [-0.05, 0) is 43.4 Å². The Morgan fingerprint density at radius 2 is 2.11 bits per heavy atom. The molecule has 1 aliphatic rings. The van der Waals surface area contributed by atoms with Crippen LogP contribution >= 0.6 is 11.6 Å². The maximum Gasteiger partial charge on any atom is 0.242 e. The third-order valence-electron chi connectivity index (χ3n) is 3.20. The van der Waals surface area contributed by atoms with Gasteiger partial charge in [-0.3, -0.25) is 0 Å². The van der Waals surface area contributed by atoms with Crippen LogP contribution < -0.4 is 4.72 Å². The van der Waals surface area contributed by atoms with E-state index in [4.69, 9.17) is 11.6 Å². The summed E-state index contributed by atoms with van der Waals surface area (Å²) in [6.45, 7) is 2.10. The molecule has 2 unspecified atom stereocenters. The molecule has 18 heavy (non-hydrogen) atoms. The monoisotopic (exact) mass is 291 g/mol. The standard InChI is InChI=1S/C12H15ClFNO2S/c1-8-2-4-10(6-8)15-18(16,17)12-5-3-9(14)7-11(12)13/h3,5,7-8,10,15H,2,4,6H2,1H3. The molecule has 100 valence electrons. The van der Waals surface area contributed by atoms with Gasteiger partial charge in [0.05, 0.1) is 5.02 Å². The molecule has 6 heteroatoms. The number of hydrogen-bond acceptors (Lipinski definition) is 2. The molecule has 0 saturated heterocycles. The van der Waals surface area contributed by atoms with Crippen molar-refractivity contribution in [2.45, 2.75) is 37.1 Å². The summed E-state index contributed by atoms with van der Waals surface area (Å²) >= 11 is 5.77. The van der Waals surface area contributed by atoms with Crippen molar-refractivity contribution in [1.29, 1.82) is 0 Å². The minimum absolute atomic E-state index is 0.0499. The fourth-order valence-corrected chi connectivity index (χ4v) is 4.10. The molecule has 2 rings (SSSR count). The minimum atomic E-state index is -3.66. The van der Waals surface area contributed by atoms with Crippen LogP contribution in [0.25, 0.3) is 0 Å². The molecule has 2 atom stereocenters. The second kappa shape index (κ2) is 5.15. The number of sulfonamides is 1. The smallest absolute Gasteiger partial charge is 0.208 e. The van der Waals surface area contributed by atoms with Crippen LogP contribution in [0.5, 0.6) is 0 Å². The van der Waals surface area contributed by atoms with E-state index < -0.39 is 15.8 Å². The Bertz CT molecular complexity index is 547. The van der Waals surface area contributed by atoms with Gasteiger partial charge in [-0.15, -0.1) is 0 Å². The number of rotatable bonds is 3. The lowest BCUT2D eigenvalue weighted by Crippen LogP contribution is -2.33. The summed E-state index contributed by atoms with van der Waals surface area (Å²) in [7, 11) is -3.66. The Morgan fingerprint density at radius 3 is 2.67 bits per heavy atom. The van der Waals surface area contributed by atoms with Crippen LogP contribution in [-0.4, -0.2) is 14.5 Å². The zero-order valence-corrected chi connectivity index (χ0v) is 11.6. The topological polar surface area (TPSA) is 46.2 Å². The van der Waals surface area contributed by atoms with E-state index in [-0.39, 0.29) is 16.0 Å². The molecular weight excluding hydrogens is 277 g/mol.